The molecule has 0 aliphatic rings. The van der Waals surface area contributed by atoms with Crippen LogP contribution in [0.1, 0.15) is 17.6 Å². The lowest BCUT2D eigenvalue weighted by atomic mass is 10.2. The van der Waals surface area contributed by atoms with Gasteiger partial charge < -0.3 is 19.8 Å². The minimum Gasteiger partial charge on any atom is -0.348 e. The van der Waals surface area contributed by atoms with Gasteiger partial charge in [-0.15, -0.1) is 0 Å². The van der Waals surface area contributed by atoms with Crippen molar-refractivity contribution in [2.24, 2.45) is 12.8 Å². The highest BCUT2D eigenvalue weighted by molar-refractivity contribution is 5.42. The Kier molecular flexibility index (Phi) is 2.84. The van der Waals surface area contributed by atoms with Gasteiger partial charge in [0, 0.05) is 37.8 Å². The van der Waals surface area contributed by atoms with Crippen LogP contribution in [0.4, 0.5) is 0 Å². The van der Waals surface area contributed by atoms with Crippen molar-refractivity contribution in [2.75, 3.05) is 0 Å². The Labute approximate surface area is 108 Å². The molecule has 0 fully saturated rings. The quantitative estimate of drug-likeness (QED) is 0.703. The van der Waals surface area contributed by atoms with Crippen molar-refractivity contribution in [3.63, 3.8) is 0 Å². The number of nitrogens with two attached hydrogens (primary N) is 1. The molecular formula is C11H13N7O. The van der Waals surface area contributed by atoms with Gasteiger partial charge in [0.05, 0.1) is 12.4 Å². The van der Waals surface area contributed by atoms with E-state index in [9.17, 15) is 0 Å². The van der Waals surface area contributed by atoms with E-state index in [0.29, 0.717) is 24.0 Å². The Hall–Kier alpha value is -2.48. The number of H-pyrrole nitrogens is 1. The van der Waals surface area contributed by atoms with E-state index < -0.39 is 0 Å². The molecule has 0 aromatic carbocycles. The fourth-order valence-corrected chi connectivity index (χ4v) is 1.78. The first-order chi connectivity index (χ1) is 9.24. The summed E-state index contributed by atoms with van der Waals surface area (Å²) in [4.78, 5) is 15.3. The van der Waals surface area contributed by atoms with E-state index in [4.69, 9.17) is 10.3 Å². The molecule has 0 saturated carbocycles. The molecule has 0 aliphatic heterocycles. The Balaban J connectivity index is 1.79. The largest absolute Gasteiger partial charge is 0.348 e. The van der Waals surface area contributed by atoms with Crippen LogP contribution in [-0.4, -0.2) is 29.7 Å². The van der Waals surface area contributed by atoms with Gasteiger partial charge >= 0.3 is 0 Å². The first-order valence-corrected chi connectivity index (χ1v) is 5.78. The van der Waals surface area contributed by atoms with Crippen molar-refractivity contribution in [3.05, 3.63) is 36.5 Å². The molecule has 0 aliphatic carbocycles. The number of aromatic amines is 1. The van der Waals surface area contributed by atoms with E-state index in [1.54, 1.807) is 18.7 Å². The van der Waals surface area contributed by atoms with Crippen molar-refractivity contribution in [1.82, 2.24) is 29.7 Å². The van der Waals surface area contributed by atoms with Crippen LogP contribution < -0.4 is 5.73 Å². The van der Waals surface area contributed by atoms with Gasteiger partial charge in [0.2, 0.25) is 11.7 Å². The summed E-state index contributed by atoms with van der Waals surface area (Å²) in [6, 6.07) is -0.373. The van der Waals surface area contributed by atoms with E-state index >= 15 is 0 Å². The Morgan fingerprint density at radius 3 is 3.11 bits per heavy atom. The van der Waals surface area contributed by atoms with E-state index in [0.717, 1.165) is 5.69 Å². The van der Waals surface area contributed by atoms with Crippen LogP contribution in [0.2, 0.25) is 0 Å². The molecule has 0 bridgehead atoms. The van der Waals surface area contributed by atoms with Gasteiger partial charge in [-0.3, -0.25) is 0 Å². The zero-order valence-electron chi connectivity index (χ0n) is 10.3. The third kappa shape index (κ3) is 2.25. The normalized spacial score (nSPS) is 12.7. The summed E-state index contributed by atoms with van der Waals surface area (Å²) in [7, 11) is 1.86. The molecular weight excluding hydrogens is 246 g/mol. The molecule has 3 rings (SSSR count). The van der Waals surface area contributed by atoms with Crippen molar-refractivity contribution in [3.8, 4) is 11.6 Å². The zero-order chi connectivity index (χ0) is 13.2. The van der Waals surface area contributed by atoms with Crippen LogP contribution in [0.15, 0.2) is 29.4 Å². The van der Waals surface area contributed by atoms with Gasteiger partial charge in [0.15, 0.2) is 5.82 Å². The van der Waals surface area contributed by atoms with E-state index in [1.807, 2.05) is 17.8 Å². The second-order valence-electron chi connectivity index (χ2n) is 4.21. The summed E-state index contributed by atoms with van der Waals surface area (Å²) >= 11 is 0. The minimum atomic E-state index is -0.373. The molecule has 8 nitrogen and oxygen atoms in total. The summed E-state index contributed by atoms with van der Waals surface area (Å²) in [5.41, 5.74) is 6.94. The number of aromatic nitrogens is 6. The lowest BCUT2D eigenvalue weighted by Gasteiger charge is -2.03. The summed E-state index contributed by atoms with van der Waals surface area (Å²) < 4.78 is 6.99. The van der Waals surface area contributed by atoms with Crippen molar-refractivity contribution in [1.29, 1.82) is 0 Å². The maximum absolute atomic E-state index is 6.02. The van der Waals surface area contributed by atoms with Crippen LogP contribution in [-0.2, 0) is 13.5 Å². The third-order valence-electron chi connectivity index (χ3n) is 2.77. The Morgan fingerprint density at radius 1 is 1.53 bits per heavy atom. The standard InChI is InChI=1S/C11H13N7O/c1-18-3-2-14-10(18)9-16-11(19-17-9)8(12)4-7-5-13-6-15-7/h2-3,5-6,8H,4,12H2,1H3,(H,13,15)/t8-/m1/s1. The summed E-state index contributed by atoms with van der Waals surface area (Å²) in [6.45, 7) is 0. The van der Waals surface area contributed by atoms with Crippen molar-refractivity contribution in [2.45, 2.75) is 12.5 Å². The minimum absolute atomic E-state index is 0.373. The lowest BCUT2D eigenvalue weighted by Crippen LogP contribution is -2.14. The molecule has 0 spiro atoms. The molecule has 1 atom stereocenters. The molecule has 3 N–H and O–H groups in total. The SMILES string of the molecule is Cn1ccnc1-c1noc([C@H](N)Cc2cnc[nH]2)n1. The average Bonchev–Trinajstić information content (AvgIpc) is 3.08. The smallest absolute Gasteiger partial charge is 0.244 e. The maximum Gasteiger partial charge on any atom is 0.244 e. The van der Waals surface area contributed by atoms with Gasteiger partial charge in [-0.1, -0.05) is 5.16 Å². The maximum atomic E-state index is 6.02. The molecule has 3 heterocycles. The van der Waals surface area contributed by atoms with Crippen molar-refractivity contribution >= 4 is 0 Å². The highest BCUT2D eigenvalue weighted by Gasteiger charge is 2.18. The fraction of sp³-hybridized carbons (Fsp3) is 0.273. The topological polar surface area (TPSA) is 111 Å². The molecule has 0 saturated heterocycles. The molecule has 19 heavy (non-hydrogen) atoms. The molecule has 98 valence electrons. The van der Waals surface area contributed by atoms with Crippen LogP contribution in [0.3, 0.4) is 0 Å². The van der Waals surface area contributed by atoms with Crippen LogP contribution in [0, 0.1) is 0 Å². The third-order valence-corrected chi connectivity index (χ3v) is 2.77. The number of nitrogens with zero attached hydrogens (tertiary/aromatic N) is 5. The first kappa shape index (κ1) is 11.6. The second-order valence-corrected chi connectivity index (χ2v) is 4.21. The van der Waals surface area contributed by atoms with E-state index in [2.05, 4.69) is 25.1 Å². The summed E-state index contributed by atoms with van der Waals surface area (Å²) in [5, 5.41) is 3.89. The first-order valence-electron chi connectivity index (χ1n) is 5.78. The molecule has 3 aromatic heterocycles. The predicted octanol–water partition coefficient (Wildman–Crippen LogP) is 0.436. The lowest BCUT2D eigenvalue weighted by molar-refractivity contribution is 0.353. The van der Waals surface area contributed by atoms with Gasteiger partial charge in [0.25, 0.3) is 0 Å². The number of hydrogen-bond acceptors (Lipinski definition) is 6. The number of rotatable bonds is 4. The molecule has 0 amide bonds. The van der Waals surface area contributed by atoms with Gasteiger partial charge in [0.1, 0.15) is 0 Å². The van der Waals surface area contributed by atoms with Crippen molar-refractivity contribution < 1.29 is 4.52 Å². The van der Waals surface area contributed by atoms with E-state index in [1.165, 1.54) is 0 Å². The summed E-state index contributed by atoms with van der Waals surface area (Å²) in [6.07, 6.45) is 7.37. The predicted molar refractivity (Wildman–Crippen MR) is 65.7 cm³/mol. The van der Waals surface area contributed by atoms with Gasteiger partial charge in [-0.05, 0) is 0 Å². The second kappa shape index (κ2) is 4.65. The highest BCUT2D eigenvalue weighted by atomic mass is 16.5. The Bertz CT molecular complexity index is 654. The number of imidazole rings is 2. The molecule has 8 heteroatoms. The highest BCUT2D eigenvalue weighted by Crippen LogP contribution is 2.17. The van der Waals surface area contributed by atoms with E-state index in [-0.39, 0.29) is 6.04 Å². The van der Waals surface area contributed by atoms with Gasteiger partial charge in [-0.25, -0.2) is 9.97 Å². The van der Waals surface area contributed by atoms with Crippen LogP contribution >= 0.6 is 0 Å². The number of aryl methyl sites for hydroxylation is 1. The number of hydrogen-bond donors (Lipinski definition) is 2. The fourth-order valence-electron chi connectivity index (χ4n) is 1.78. The average molecular weight is 259 g/mol. The monoisotopic (exact) mass is 259 g/mol. The van der Waals surface area contributed by atoms with Crippen LogP contribution in [0.25, 0.3) is 11.6 Å². The number of nitrogens with one attached hydrogen (secondary N) is 1. The zero-order valence-corrected chi connectivity index (χ0v) is 10.3. The molecule has 3 aromatic rings. The molecule has 0 radical (unpaired) electrons. The molecule has 0 unspecified atom stereocenters. The van der Waals surface area contributed by atoms with Crippen LogP contribution in [0.5, 0.6) is 0 Å². The van der Waals surface area contributed by atoms with Gasteiger partial charge in [-0.2, -0.15) is 4.98 Å². The summed E-state index contributed by atoms with van der Waals surface area (Å²) in [5.74, 6) is 1.46. The Morgan fingerprint density at radius 2 is 2.42 bits per heavy atom.